The van der Waals surface area contributed by atoms with Crippen LogP contribution in [0.2, 0.25) is 0 Å². The quantitative estimate of drug-likeness (QED) is 0.297. The lowest BCUT2D eigenvalue weighted by molar-refractivity contribution is 0.0690. The molecule has 4 rings (SSSR count). The summed E-state index contributed by atoms with van der Waals surface area (Å²) >= 11 is 0. The third kappa shape index (κ3) is 5.76. The molecule has 4 aromatic rings. The number of nitrogens with one attached hydrogen (secondary N) is 3. The van der Waals surface area contributed by atoms with Gasteiger partial charge in [0.2, 0.25) is 5.82 Å². The molecule has 0 aliphatic rings. The molecule has 0 aliphatic carbocycles. The first kappa shape index (κ1) is 23.1. The van der Waals surface area contributed by atoms with Crippen LogP contribution in [-0.2, 0) is 6.54 Å². The number of nitrogens with two attached hydrogens (primary N) is 1. The number of aryl methyl sites for hydroxylation is 1. The number of carbonyl (C=O) groups excluding carboxylic acids is 1. The fourth-order valence-corrected chi connectivity index (χ4v) is 2.56. The summed E-state index contributed by atoms with van der Waals surface area (Å²) < 4.78 is 26.1. The maximum absolute atomic E-state index is 13.1. The molecule has 0 fully saturated rings. The SMILES string of the molecule is Cc1cc(F)c(F)cc1C(=O)Nc1cc(C(=O)O)[nH]n1.NCc1ccnc(-c2nn[nH]n2)c1. The third-order valence-corrected chi connectivity index (χ3v) is 4.20. The molecule has 3 heterocycles. The Balaban J connectivity index is 0.000000203. The van der Waals surface area contributed by atoms with Crippen molar-refractivity contribution in [2.75, 3.05) is 5.32 Å². The maximum Gasteiger partial charge on any atom is 0.353 e. The van der Waals surface area contributed by atoms with Crippen molar-refractivity contribution in [3.05, 3.63) is 70.5 Å². The van der Waals surface area contributed by atoms with Gasteiger partial charge in [0.15, 0.2) is 17.5 Å². The summed E-state index contributed by atoms with van der Waals surface area (Å²) in [5.41, 5.74) is 7.13. The Morgan fingerprint density at radius 2 is 1.91 bits per heavy atom. The lowest BCUT2D eigenvalue weighted by Gasteiger charge is -2.06. The minimum absolute atomic E-state index is 0.0310. The normalized spacial score (nSPS) is 10.3. The van der Waals surface area contributed by atoms with Crippen LogP contribution in [0, 0.1) is 18.6 Å². The topological polar surface area (TPSA) is 188 Å². The number of rotatable bonds is 5. The Hall–Kier alpha value is -4.59. The van der Waals surface area contributed by atoms with Gasteiger partial charge in [-0.25, -0.2) is 13.6 Å². The highest BCUT2D eigenvalue weighted by Gasteiger charge is 2.16. The second kappa shape index (κ2) is 10.1. The van der Waals surface area contributed by atoms with E-state index in [0.717, 1.165) is 23.8 Å². The summed E-state index contributed by atoms with van der Waals surface area (Å²) in [7, 11) is 0. The average Bonchev–Trinajstić information content (AvgIpc) is 3.49. The first-order valence-electron chi connectivity index (χ1n) is 9.23. The third-order valence-electron chi connectivity index (χ3n) is 4.20. The van der Waals surface area contributed by atoms with E-state index in [0.29, 0.717) is 18.1 Å². The summed E-state index contributed by atoms with van der Waals surface area (Å²) in [5, 5.41) is 30.2. The molecule has 0 aliphatic heterocycles. The van der Waals surface area contributed by atoms with Crippen molar-refractivity contribution in [1.29, 1.82) is 0 Å². The summed E-state index contributed by atoms with van der Waals surface area (Å²) in [6.07, 6.45) is 1.67. The van der Waals surface area contributed by atoms with Gasteiger partial charge in [-0.1, -0.05) is 0 Å². The number of anilines is 1. The van der Waals surface area contributed by atoms with E-state index in [1.54, 1.807) is 6.20 Å². The highest BCUT2D eigenvalue weighted by Crippen LogP contribution is 2.16. The standard InChI is InChI=1S/C12H9F2N3O3.C7H8N6/c1-5-2-7(13)8(14)3-6(5)11(18)15-10-4-9(12(19)20)16-17-10;8-4-5-1-2-9-6(3-5)7-10-12-13-11-7/h2-4H,1H3,(H,19,20)(H2,15,16,17,18);1-3H,4,8H2,(H,10,11,12,13). The van der Waals surface area contributed by atoms with Crippen molar-refractivity contribution < 1.29 is 23.5 Å². The highest BCUT2D eigenvalue weighted by atomic mass is 19.2. The average molecular weight is 457 g/mol. The van der Waals surface area contributed by atoms with Crippen LogP contribution in [0.3, 0.4) is 0 Å². The predicted molar refractivity (Wildman–Crippen MR) is 110 cm³/mol. The Morgan fingerprint density at radius 1 is 1.15 bits per heavy atom. The zero-order chi connectivity index (χ0) is 24.0. The van der Waals surface area contributed by atoms with E-state index in [9.17, 15) is 18.4 Å². The van der Waals surface area contributed by atoms with Gasteiger partial charge < -0.3 is 16.2 Å². The van der Waals surface area contributed by atoms with Crippen molar-refractivity contribution in [2.24, 2.45) is 5.73 Å². The highest BCUT2D eigenvalue weighted by molar-refractivity contribution is 6.05. The Bertz CT molecular complexity index is 1280. The number of hydrogen-bond acceptors (Lipinski definition) is 8. The van der Waals surface area contributed by atoms with E-state index in [1.165, 1.54) is 6.92 Å². The van der Waals surface area contributed by atoms with Gasteiger partial charge >= 0.3 is 5.97 Å². The molecule has 0 bridgehead atoms. The molecular formula is C19H17F2N9O3. The minimum atomic E-state index is -1.23. The molecule has 0 radical (unpaired) electrons. The van der Waals surface area contributed by atoms with E-state index < -0.39 is 23.5 Å². The van der Waals surface area contributed by atoms with Crippen LogP contribution in [-0.4, -0.2) is 52.8 Å². The monoisotopic (exact) mass is 457 g/mol. The summed E-state index contributed by atoms with van der Waals surface area (Å²) in [6.45, 7) is 1.93. The van der Waals surface area contributed by atoms with Gasteiger partial charge in [-0.15, -0.1) is 10.2 Å². The molecule has 12 nitrogen and oxygen atoms in total. The van der Waals surface area contributed by atoms with Gasteiger partial charge in [0.1, 0.15) is 11.4 Å². The number of aromatic nitrogens is 7. The lowest BCUT2D eigenvalue weighted by Crippen LogP contribution is -2.14. The number of nitrogens with zero attached hydrogens (tertiary/aromatic N) is 5. The molecule has 3 aromatic heterocycles. The van der Waals surface area contributed by atoms with E-state index in [-0.39, 0.29) is 22.6 Å². The number of carboxylic acid groups (broad SMARTS) is 1. The fraction of sp³-hybridized carbons (Fsp3) is 0.105. The van der Waals surface area contributed by atoms with Crippen LogP contribution >= 0.6 is 0 Å². The maximum atomic E-state index is 13.1. The Kier molecular flexibility index (Phi) is 7.10. The number of benzene rings is 1. The van der Waals surface area contributed by atoms with Crippen LogP contribution in [0.15, 0.2) is 36.5 Å². The molecule has 1 amide bonds. The second-order valence-electron chi connectivity index (χ2n) is 6.50. The van der Waals surface area contributed by atoms with Crippen molar-refractivity contribution >= 4 is 17.7 Å². The van der Waals surface area contributed by atoms with Crippen LogP contribution in [0.4, 0.5) is 14.6 Å². The number of carbonyl (C=O) groups is 2. The molecule has 6 N–H and O–H groups in total. The number of aromatic carboxylic acids is 1. The van der Waals surface area contributed by atoms with Crippen molar-refractivity contribution in [3.8, 4) is 11.5 Å². The first-order valence-corrected chi connectivity index (χ1v) is 9.23. The van der Waals surface area contributed by atoms with E-state index in [4.69, 9.17) is 10.8 Å². The van der Waals surface area contributed by atoms with Gasteiger partial charge in [-0.05, 0) is 47.5 Å². The molecule has 0 saturated heterocycles. The number of H-pyrrole nitrogens is 2. The fourth-order valence-electron chi connectivity index (χ4n) is 2.56. The number of hydrogen-bond donors (Lipinski definition) is 5. The number of halogens is 2. The summed E-state index contributed by atoms with van der Waals surface area (Å²) in [6, 6.07) is 6.46. The largest absolute Gasteiger partial charge is 0.477 e. The van der Waals surface area contributed by atoms with Gasteiger partial charge in [-0.2, -0.15) is 10.3 Å². The molecule has 14 heteroatoms. The second-order valence-corrected chi connectivity index (χ2v) is 6.50. The van der Waals surface area contributed by atoms with Crippen LogP contribution in [0.5, 0.6) is 0 Å². The molecule has 0 spiro atoms. The Labute approximate surface area is 184 Å². The van der Waals surface area contributed by atoms with E-state index in [2.05, 4.69) is 41.1 Å². The zero-order valence-electron chi connectivity index (χ0n) is 17.0. The van der Waals surface area contributed by atoms with Crippen molar-refractivity contribution in [3.63, 3.8) is 0 Å². The van der Waals surface area contributed by atoms with E-state index >= 15 is 0 Å². The first-order chi connectivity index (χ1) is 15.8. The smallest absolute Gasteiger partial charge is 0.353 e. The molecule has 33 heavy (non-hydrogen) atoms. The van der Waals surface area contributed by atoms with Gasteiger partial charge in [0.25, 0.3) is 5.91 Å². The molecule has 170 valence electrons. The van der Waals surface area contributed by atoms with Crippen LogP contribution in [0.1, 0.15) is 32.0 Å². The molecule has 0 atom stereocenters. The number of pyridine rings is 1. The van der Waals surface area contributed by atoms with Crippen molar-refractivity contribution in [2.45, 2.75) is 13.5 Å². The summed E-state index contributed by atoms with van der Waals surface area (Å²) in [4.78, 5) is 26.6. The van der Waals surface area contributed by atoms with Crippen LogP contribution in [0.25, 0.3) is 11.5 Å². The lowest BCUT2D eigenvalue weighted by atomic mass is 10.1. The predicted octanol–water partition coefficient (Wildman–Crippen LogP) is 1.67. The number of amides is 1. The molecule has 1 aromatic carbocycles. The number of tetrazole rings is 1. The zero-order valence-corrected chi connectivity index (χ0v) is 17.0. The summed E-state index contributed by atoms with van der Waals surface area (Å²) in [5.74, 6) is -3.69. The van der Waals surface area contributed by atoms with Crippen LogP contribution < -0.4 is 11.1 Å². The van der Waals surface area contributed by atoms with Gasteiger partial charge in [0.05, 0.1) is 0 Å². The molecule has 0 saturated carbocycles. The van der Waals surface area contributed by atoms with Crippen molar-refractivity contribution in [1.82, 2.24) is 35.8 Å². The Morgan fingerprint density at radius 3 is 2.55 bits per heavy atom. The van der Waals surface area contributed by atoms with E-state index in [1.807, 2.05) is 12.1 Å². The van der Waals surface area contributed by atoms with Gasteiger partial charge in [-0.3, -0.25) is 14.9 Å². The molecular weight excluding hydrogens is 440 g/mol. The molecule has 0 unspecified atom stereocenters. The van der Waals surface area contributed by atoms with Gasteiger partial charge in [0, 0.05) is 24.4 Å². The number of aromatic amines is 2. The number of carboxylic acids is 1. The minimum Gasteiger partial charge on any atom is -0.477 e.